The topological polar surface area (TPSA) is 34.1 Å². The summed E-state index contributed by atoms with van der Waals surface area (Å²) in [6, 6.07) is 14.2. The molecule has 94 valence electrons. The maximum Gasteiger partial charge on any atom is 0.118 e. The first-order chi connectivity index (χ1) is 8.85. The lowest BCUT2D eigenvalue weighted by Crippen LogP contribution is -2.22. The van der Waals surface area contributed by atoms with E-state index in [4.69, 9.17) is 4.74 Å². The summed E-state index contributed by atoms with van der Waals surface area (Å²) in [5, 5.41) is 3.45. The molecule has 18 heavy (non-hydrogen) atoms. The summed E-state index contributed by atoms with van der Waals surface area (Å²) in [6.07, 6.45) is 1.82. The van der Waals surface area contributed by atoms with Crippen LogP contribution in [-0.2, 0) is 0 Å². The van der Waals surface area contributed by atoms with Crippen molar-refractivity contribution in [3.05, 3.63) is 59.9 Å². The molecule has 0 bridgehead atoms. The predicted molar refractivity (Wildman–Crippen MR) is 72.8 cm³/mol. The number of benzene rings is 1. The lowest BCUT2D eigenvalue weighted by molar-refractivity contribution is 0.414. The Kier molecular flexibility index (Phi) is 4.31. The minimum atomic E-state index is 0.127. The molecule has 0 aliphatic carbocycles. The Labute approximate surface area is 108 Å². The van der Waals surface area contributed by atoms with Crippen LogP contribution in [0.25, 0.3) is 0 Å². The van der Waals surface area contributed by atoms with Crippen molar-refractivity contribution in [2.24, 2.45) is 0 Å². The van der Waals surface area contributed by atoms with Crippen molar-refractivity contribution in [1.29, 1.82) is 0 Å². The van der Waals surface area contributed by atoms with E-state index in [1.807, 2.05) is 36.5 Å². The zero-order chi connectivity index (χ0) is 12.8. The third-order valence-corrected chi connectivity index (χ3v) is 2.84. The van der Waals surface area contributed by atoms with Crippen molar-refractivity contribution in [2.75, 3.05) is 13.7 Å². The van der Waals surface area contributed by atoms with E-state index in [-0.39, 0.29) is 6.04 Å². The van der Waals surface area contributed by atoms with Gasteiger partial charge in [-0.1, -0.05) is 25.1 Å². The van der Waals surface area contributed by atoms with Crippen molar-refractivity contribution < 1.29 is 4.74 Å². The van der Waals surface area contributed by atoms with Crippen molar-refractivity contribution in [3.63, 3.8) is 0 Å². The summed E-state index contributed by atoms with van der Waals surface area (Å²) in [7, 11) is 1.68. The highest BCUT2D eigenvalue weighted by Crippen LogP contribution is 2.22. The molecule has 3 heteroatoms. The average Bonchev–Trinajstić information content (AvgIpc) is 2.46. The van der Waals surface area contributed by atoms with Crippen LogP contribution in [0.1, 0.15) is 24.2 Å². The molecule has 1 heterocycles. The molecule has 1 unspecified atom stereocenters. The summed E-state index contributed by atoms with van der Waals surface area (Å²) >= 11 is 0. The molecule has 0 amide bonds. The molecule has 0 saturated heterocycles. The number of methoxy groups -OCH3 is 1. The van der Waals surface area contributed by atoms with Crippen LogP contribution in [0.15, 0.2) is 48.7 Å². The Morgan fingerprint density at radius 3 is 2.50 bits per heavy atom. The van der Waals surface area contributed by atoms with Gasteiger partial charge in [0.15, 0.2) is 0 Å². The average molecular weight is 242 g/mol. The molecule has 0 fully saturated rings. The van der Waals surface area contributed by atoms with Gasteiger partial charge in [0.1, 0.15) is 5.75 Å². The van der Waals surface area contributed by atoms with Gasteiger partial charge in [0, 0.05) is 6.20 Å². The number of pyridine rings is 1. The Hall–Kier alpha value is -1.87. The van der Waals surface area contributed by atoms with Crippen LogP contribution in [-0.4, -0.2) is 18.6 Å². The second-order valence-electron chi connectivity index (χ2n) is 4.02. The monoisotopic (exact) mass is 242 g/mol. The van der Waals surface area contributed by atoms with Gasteiger partial charge in [-0.2, -0.15) is 0 Å². The maximum atomic E-state index is 5.18. The van der Waals surface area contributed by atoms with Crippen LogP contribution in [0, 0.1) is 0 Å². The largest absolute Gasteiger partial charge is 0.497 e. The fourth-order valence-electron chi connectivity index (χ4n) is 1.94. The smallest absolute Gasteiger partial charge is 0.118 e. The van der Waals surface area contributed by atoms with Crippen molar-refractivity contribution in [3.8, 4) is 5.75 Å². The van der Waals surface area contributed by atoms with Gasteiger partial charge in [-0.15, -0.1) is 0 Å². The van der Waals surface area contributed by atoms with Gasteiger partial charge >= 0.3 is 0 Å². The zero-order valence-electron chi connectivity index (χ0n) is 10.8. The van der Waals surface area contributed by atoms with Gasteiger partial charge in [-0.05, 0) is 36.4 Å². The molecular formula is C15H18N2O. The quantitative estimate of drug-likeness (QED) is 0.875. The first-order valence-corrected chi connectivity index (χ1v) is 6.13. The van der Waals surface area contributed by atoms with E-state index in [1.54, 1.807) is 7.11 Å². The summed E-state index contributed by atoms with van der Waals surface area (Å²) < 4.78 is 5.18. The highest BCUT2D eigenvalue weighted by atomic mass is 16.5. The highest BCUT2D eigenvalue weighted by molar-refractivity contribution is 5.33. The van der Waals surface area contributed by atoms with Gasteiger partial charge in [-0.3, -0.25) is 4.98 Å². The number of rotatable bonds is 5. The van der Waals surface area contributed by atoms with E-state index < -0.39 is 0 Å². The summed E-state index contributed by atoms with van der Waals surface area (Å²) in [5.74, 6) is 0.870. The van der Waals surface area contributed by atoms with Gasteiger partial charge in [0.25, 0.3) is 0 Å². The molecule has 1 N–H and O–H groups in total. The van der Waals surface area contributed by atoms with E-state index in [2.05, 4.69) is 29.4 Å². The second-order valence-corrected chi connectivity index (χ2v) is 4.02. The summed E-state index contributed by atoms with van der Waals surface area (Å²) in [4.78, 5) is 4.42. The Bertz CT molecular complexity index is 468. The predicted octanol–water partition coefficient (Wildman–Crippen LogP) is 2.79. The molecule has 0 aliphatic rings. The SMILES string of the molecule is CCNC(c1ccc(OC)cc1)c1ccccn1. The zero-order valence-corrected chi connectivity index (χ0v) is 10.8. The standard InChI is InChI=1S/C15H18N2O/c1-3-16-15(14-6-4-5-11-17-14)12-7-9-13(18-2)10-8-12/h4-11,15-16H,3H2,1-2H3. The summed E-state index contributed by atoms with van der Waals surface area (Å²) in [5.41, 5.74) is 2.22. The maximum absolute atomic E-state index is 5.18. The fourth-order valence-corrected chi connectivity index (χ4v) is 1.94. The van der Waals surface area contributed by atoms with Crippen molar-refractivity contribution in [2.45, 2.75) is 13.0 Å². The van der Waals surface area contributed by atoms with E-state index in [9.17, 15) is 0 Å². The van der Waals surface area contributed by atoms with Crippen molar-refractivity contribution >= 4 is 0 Å². The number of hydrogen-bond acceptors (Lipinski definition) is 3. The number of hydrogen-bond donors (Lipinski definition) is 1. The van der Waals surface area contributed by atoms with Crippen LogP contribution in [0.4, 0.5) is 0 Å². The van der Waals surface area contributed by atoms with E-state index in [0.717, 1.165) is 18.0 Å². The number of nitrogens with zero attached hydrogens (tertiary/aromatic N) is 1. The third-order valence-electron chi connectivity index (χ3n) is 2.84. The molecular weight excluding hydrogens is 224 g/mol. The van der Waals surface area contributed by atoms with E-state index in [1.165, 1.54) is 5.56 Å². The fraction of sp³-hybridized carbons (Fsp3) is 0.267. The van der Waals surface area contributed by atoms with Gasteiger partial charge in [0.05, 0.1) is 18.8 Å². The van der Waals surface area contributed by atoms with Gasteiger partial charge in [0.2, 0.25) is 0 Å². The minimum absolute atomic E-state index is 0.127. The van der Waals surface area contributed by atoms with Crippen LogP contribution >= 0.6 is 0 Å². The van der Waals surface area contributed by atoms with Gasteiger partial charge < -0.3 is 10.1 Å². The van der Waals surface area contributed by atoms with Crippen LogP contribution in [0.5, 0.6) is 5.75 Å². The van der Waals surface area contributed by atoms with Crippen LogP contribution in [0.2, 0.25) is 0 Å². The molecule has 0 saturated carbocycles. The lowest BCUT2D eigenvalue weighted by atomic mass is 10.0. The highest BCUT2D eigenvalue weighted by Gasteiger charge is 2.13. The molecule has 2 aromatic rings. The summed E-state index contributed by atoms with van der Waals surface area (Å²) in [6.45, 7) is 2.99. The van der Waals surface area contributed by atoms with Crippen LogP contribution in [0.3, 0.4) is 0 Å². The first-order valence-electron chi connectivity index (χ1n) is 6.13. The van der Waals surface area contributed by atoms with Gasteiger partial charge in [-0.25, -0.2) is 0 Å². The minimum Gasteiger partial charge on any atom is -0.497 e. The lowest BCUT2D eigenvalue weighted by Gasteiger charge is -2.18. The Morgan fingerprint density at radius 2 is 1.94 bits per heavy atom. The third kappa shape index (κ3) is 2.87. The molecule has 1 atom stereocenters. The number of nitrogens with one attached hydrogen (secondary N) is 1. The van der Waals surface area contributed by atoms with Crippen LogP contribution < -0.4 is 10.1 Å². The second kappa shape index (κ2) is 6.17. The Morgan fingerprint density at radius 1 is 1.17 bits per heavy atom. The van der Waals surface area contributed by atoms with E-state index >= 15 is 0 Å². The first kappa shape index (κ1) is 12.6. The number of ether oxygens (including phenoxy) is 1. The Balaban J connectivity index is 2.29. The normalized spacial score (nSPS) is 12.1. The molecule has 3 nitrogen and oxygen atoms in total. The molecule has 2 rings (SSSR count). The molecule has 0 aliphatic heterocycles. The van der Waals surface area contributed by atoms with E-state index in [0.29, 0.717) is 0 Å². The molecule has 0 radical (unpaired) electrons. The molecule has 1 aromatic heterocycles. The number of aromatic nitrogens is 1. The molecule has 1 aromatic carbocycles. The van der Waals surface area contributed by atoms with Crippen molar-refractivity contribution in [1.82, 2.24) is 10.3 Å². The molecule has 0 spiro atoms.